The van der Waals surface area contributed by atoms with Crippen LogP contribution in [0, 0.1) is 12.8 Å². The fourth-order valence-electron chi connectivity index (χ4n) is 5.43. The van der Waals surface area contributed by atoms with Crippen molar-refractivity contribution in [3.63, 3.8) is 0 Å². The van der Waals surface area contributed by atoms with Gasteiger partial charge in [0.15, 0.2) is 0 Å². The number of carbonyl (C=O) groups excluding carboxylic acids is 1. The maximum absolute atomic E-state index is 13.6. The van der Waals surface area contributed by atoms with Crippen molar-refractivity contribution in [1.82, 2.24) is 19.6 Å². The van der Waals surface area contributed by atoms with Gasteiger partial charge < -0.3 is 10.2 Å². The van der Waals surface area contributed by atoms with Gasteiger partial charge in [0.1, 0.15) is 0 Å². The van der Waals surface area contributed by atoms with Crippen molar-refractivity contribution in [2.75, 3.05) is 37.6 Å². The molecule has 1 fully saturated rings. The lowest BCUT2D eigenvalue weighted by atomic mass is 10.0. The number of anilines is 1. The Bertz CT molecular complexity index is 1650. The zero-order chi connectivity index (χ0) is 29.7. The summed E-state index contributed by atoms with van der Waals surface area (Å²) in [5, 5.41) is 3.57. The second-order valence-corrected chi connectivity index (χ2v) is 13.0. The molecule has 0 radical (unpaired) electrons. The molecule has 1 amide bonds. The first-order valence-corrected chi connectivity index (χ1v) is 16.2. The molecule has 1 N–H and O–H groups in total. The Labute approximate surface area is 248 Å². The molecule has 2 aromatic carbocycles. The van der Waals surface area contributed by atoms with E-state index < -0.39 is 10.0 Å². The molecule has 5 rings (SSSR count). The third-order valence-corrected chi connectivity index (χ3v) is 9.87. The van der Waals surface area contributed by atoms with Crippen molar-refractivity contribution in [3.05, 3.63) is 84.1 Å². The predicted molar refractivity (Wildman–Crippen MR) is 168 cm³/mol. The highest BCUT2D eigenvalue weighted by Gasteiger charge is 2.29. The van der Waals surface area contributed by atoms with E-state index in [-0.39, 0.29) is 10.8 Å². The van der Waals surface area contributed by atoms with Crippen LogP contribution < -0.4 is 10.2 Å². The molecule has 0 atom stereocenters. The molecular weight excluding hydrogens is 546 g/mol. The summed E-state index contributed by atoms with van der Waals surface area (Å²) in [4.78, 5) is 25.3. The van der Waals surface area contributed by atoms with Crippen LogP contribution in [0.2, 0.25) is 0 Å². The van der Waals surface area contributed by atoms with Gasteiger partial charge in [-0.3, -0.25) is 9.78 Å². The van der Waals surface area contributed by atoms with E-state index in [1.165, 1.54) is 11.3 Å². The summed E-state index contributed by atoms with van der Waals surface area (Å²) < 4.78 is 28.6. The fourth-order valence-corrected chi connectivity index (χ4v) is 6.93. The first kappa shape index (κ1) is 29.7. The van der Waals surface area contributed by atoms with Crippen LogP contribution in [0.5, 0.6) is 0 Å². The Balaban J connectivity index is 1.41. The normalized spacial score (nSPS) is 14.6. The van der Waals surface area contributed by atoms with E-state index in [1.54, 1.807) is 34.8 Å². The van der Waals surface area contributed by atoms with Crippen LogP contribution >= 0.6 is 0 Å². The molecule has 0 saturated carbocycles. The molecule has 0 bridgehead atoms. The smallest absolute Gasteiger partial charge is 0.252 e. The number of aromatic nitrogens is 2. The maximum atomic E-state index is 13.6. The molecule has 42 heavy (non-hydrogen) atoms. The van der Waals surface area contributed by atoms with Crippen LogP contribution in [-0.4, -0.2) is 61.3 Å². The van der Waals surface area contributed by atoms with E-state index in [4.69, 9.17) is 4.98 Å². The lowest BCUT2D eigenvalue weighted by Gasteiger charge is -2.29. The monoisotopic (exact) mass is 585 g/mol. The molecule has 0 unspecified atom stereocenters. The molecule has 1 saturated heterocycles. The largest absolute Gasteiger partial charge is 0.372 e. The van der Waals surface area contributed by atoms with Crippen molar-refractivity contribution in [2.24, 2.45) is 5.92 Å². The fraction of sp³-hybridized carbons (Fsp3) is 0.364. The summed E-state index contributed by atoms with van der Waals surface area (Å²) >= 11 is 0. The minimum Gasteiger partial charge on any atom is -0.372 e. The van der Waals surface area contributed by atoms with Crippen LogP contribution in [0.25, 0.3) is 22.3 Å². The van der Waals surface area contributed by atoms with Gasteiger partial charge in [0.25, 0.3) is 5.91 Å². The Hall–Kier alpha value is -3.82. The first-order chi connectivity index (χ1) is 20.3. The van der Waals surface area contributed by atoms with Gasteiger partial charge >= 0.3 is 0 Å². The summed E-state index contributed by atoms with van der Waals surface area (Å²) in [5.74, 6) is 0.248. The molecule has 2 aromatic heterocycles. The van der Waals surface area contributed by atoms with Gasteiger partial charge in [0.05, 0.1) is 27.4 Å². The van der Waals surface area contributed by atoms with Gasteiger partial charge in [0.2, 0.25) is 10.0 Å². The molecule has 8 nitrogen and oxygen atoms in total. The number of aryl methyl sites for hydroxylation is 1. The molecule has 9 heteroatoms. The maximum Gasteiger partial charge on any atom is 0.252 e. The third-order valence-electron chi connectivity index (χ3n) is 7.97. The number of rotatable bonds is 10. The Morgan fingerprint density at radius 2 is 1.83 bits per heavy atom. The number of amides is 1. The van der Waals surface area contributed by atoms with Crippen LogP contribution in [0.4, 0.5) is 5.69 Å². The highest BCUT2D eigenvalue weighted by molar-refractivity contribution is 7.89. The van der Waals surface area contributed by atoms with Crippen molar-refractivity contribution >= 4 is 32.5 Å². The van der Waals surface area contributed by atoms with E-state index >= 15 is 0 Å². The second kappa shape index (κ2) is 13.0. The third kappa shape index (κ3) is 6.63. The molecule has 0 aliphatic carbocycles. The van der Waals surface area contributed by atoms with Crippen LogP contribution in [0.15, 0.2) is 77.8 Å². The van der Waals surface area contributed by atoms with Gasteiger partial charge in [-0.15, -0.1) is 0 Å². The number of pyridine rings is 2. The quantitative estimate of drug-likeness (QED) is 0.241. The van der Waals surface area contributed by atoms with Crippen molar-refractivity contribution in [2.45, 2.75) is 44.9 Å². The average molecular weight is 586 g/mol. The van der Waals surface area contributed by atoms with Gasteiger partial charge in [-0.1, -0.05) is 25.1 Å². The Morgan fingerprint density at radius 3 is 2.55 bits per heavy atom. The molecule has 1 aliphatic rings. The topological polar surface area (TPSA) is 95.5 Å². The van der Waals surface area contributed by atoms with Gasteiger partial charge in [-0.2, -0.15) is 4.31 Å². The lowest BCUT2D eigenvalue weighted by Crippen LogP contribution is -2.37. The average Bonchev–Trinajstić information content (AvgIpc) is 3.00. The number of nitrogens with zero attached hydrogens (tertiary/aromatic N) is 4. The van der Waals surface area contributed by atoms with Crippen LogP contribution in [0.1, 0.15) is 49.0 Å². The van der Waals surface area contributed by atoms with Crippen molar-refractivity contribution in [1.29, 1.82) is 0 Å². The van der Waals surface area contributed by atoms with Gasteiger partial charge in [0, 0.05) is 50.0 Å². The number of hydrogen-bond acceptors (Lipinski definition) is 6. The Kier molecular flexibility index (Phi) is 9.18. The minimum absolute atomic E-state index is 0.183. The number of sulfonamides is 1. The number of piperidine rings is 1. The van der Waals surface area contributed by atoms with E-state index in [9.17, 15) is 13.2 Å². The standard InChI is InChI=1S/C33H39N5O3S/c1-4-37(26-10-7-9-25(3)21-26)18-8-17-35-33(39)29-23-32(31-11-5-6-16-34-31)36-30-13-12-27(22-28(29)30)42(40,41)38-19-14-24(2)15-20-38/h5-7,9-13,16,21-24H,4,8,14-15,17-20H2,1-3H3,(H,35,39). The molecule has 4 aromatic rings. The SMILES string of the molecule is CCN(CCCNC(=O)c1cc(-c2ccccn2)nc2ccc(S(=O)(=O)N3CCC(C)CC3)cc12)c1cccc(C)c1. The zero-order valence-electron chi connectivity index (χ0n) is 24.6. The second-order valence-electron chi connectivity index (χ2n) is 11.1. The number of nitrogens with one attached hydrogen (secondary N) is 1. The molecule has 220 valence electrons. The van der Waals surface area contributed by atoms with Gasteiger partial charge in [-0.05, 0) is 93.1 Å². The zero-order valence-corrected chi connectivity index (χ0v) is 25.4. The number of fused-ring (bicyclic) bond motifs is 1. The van der Waals surface area contributed by atoms with E-state index in [2.05, 4.69) is 60.2 Å². The summed E-state index contributed by atoms with van der Waals surface area (Å²) in [7, 11) is -3.69. The predicted octanol–water partition coefficient (Wildman–Crippen LogP) is 5.67. The molecule has 1 aliphatic heterocycles. The lowest BCUT2D eigenvalue weighted by molar-refractivity contribution is 0.0955. The van der Waals surface area contributed by atoms with E-state index in [0.29, 0.717) is 53.4 Å². The number of hydrogen-bond donors (Lipinski definition) is 1. The molecular formula is C33H39N5O3S. The number of carbonyl (C=O) groups is 1. The van der Waals surface area contributed by atoms with Crippen LogP contribution in [-0.2, 0) is 10.0 Å². The number of benzene rings is 2. The van der Waals surface area contributed by atoms with E-state index in [1.807, 2.05) is 18.2 Å². The highest BCUT2D eigenvalue weighted by atomic mass is 32.2. The van der Waals surface area contributed by atoms with Gasteiger partial charge in [-0.25, -0.2) is 13.4 Å². The summed E-state index contributed by atoms with van der Waals surface area (Å²) in [6.45, 7) is 9.51. The summed E-state index contributed by atoms with van der Waals surface area (Å²) in [6, 6.07) is 20.6. The van der Waals surface area contributed by atoms with Crippen molar-refractivity contribution < 1.29 is 13.2 Å². The first-order valence-electron chi connectivity index (χ1n) is 14.7. The van der Waals surface area contributed by atoms with Crippen molar-refractivity contribution in [3.8, 4) is 11.4 Å². The summed E-state index contributed by atoms with van der Waals surface area (Å²) in [6.07, 6.45) is 4.13. The molecule has 3 heterocycles. The summed E-state index contributed by atoms with van der Waals surface area (Å²) in [5.41, 5.74) is 4.52. The highest BCUT2D eigenvalue weighted by Crippen LogP contribution is 2.29. The minimum atomic E-state index is -3.69. The van der Waals surface area contributed by atoms with Crippen LogP contribution in [0.3, 0.4) is 0 Å². The Morgan fingerprint density at radius 1 is 1.02 bits per heavy atom. The van der Waals surface area contributed by atoms with E-state index in [0.717, 1.165) is 32.4 Å². The molecule has 0 spiro atoms.